The molecule has 1 amide bonds. The number of nitrogens with one attached hydrogen (secondary N) is 1. The molecule has 0 saturated carbocycles. The summed E-state index contributed by atoms with van der Waals surface area (Å²) in [6.45, 7) is 0. The highest BCUT2D eigenvalue weighted by Gasteiger charge is 2.17. The van der Waals surface area contributed by atoms with Gasteiger partial charge in [0.15, 0.2) is 9.84 Å². The lowest BCUT2D eigenvalue weighted by atomic mass is 10.1. The maximum absolute atomic E-state index is 12.1. The molecule has 8 heteroatoms. The van der Waals surface area contributed by atoms with Crippen molar-refractivity contribution in [2.24, 2.45) is 0 Å². The molecule has 0 radical (unpaired) electrons. The normalized spacial score (nSPS) is 10.7. The minimum atomic E-state index is -3.48. The Bertz CT molecular complexity index is 826. The van der Waals surface area contributed by atoms with E-state index in [1.54, 1.807) is 18.2 Å². The molecule has 0 aromatic heterocycles. The third kappa shape index (κ3) is 6.93. The first kappa shape index (κ1) is 21.8. The number of rotatable bonds is 8. The molecule has 0 saturated heterocycles. The number of ether oxygens (including phenoxy) is 1. The van der Waals surface area contributed by atoms with Crippen LogP contribution in [0.3, 0.4) is 0 Å². The first-order valence-corrected chi connectivity index (χ1v) is 9.69. The Morgan fingerprint density at radius 3 is 2.50 bits per heavy atom. The zero-order valence-corrected chi connectivity index (χ0v) is 16.1. The number of nitrogen functional groups attached to an aromatic ring is 1. The van der Waals surface area contributed by atoms with Gasteiger partial charge in [0.1, 0.15) is 11.5 Å². The number of amides is 1. The Morgan fingerprint density at radius 1 is 1.15 bits per heavy atom. The lowest BCUT2D eigenvalue weighted by Crippen LogP contribution is -2.25. The number of nitrogens with two attached hydrogens (primary N) is 1. The van der Waals surface area contributed by atoms with Gasteiger partial charge in [0.2, 0.25) is 5.91 Å². The monoisotopic (exact) mass is 398 g/mol. The third-order valence-electron chi connectivity index (χ3n) is 3.65. The second kappa shape index (κ2) is 10.0. The van der Waals surface area contributed by atoms with E-state index in [2.05, 4.69) is 5.32 Å². The minimum absolute atomic E-state index is 0. The summed E-state index contributed by atoms with van der Waals surface area (Å²) in [7, 11) is -1.99. The van der Waals surface area contributed by atoms with Crippen LogP contribution in [-0.4, -0.2) is 32.9 Å². The molecular formula is C18H23ClN2O4S. The molecular weight excluding hydrogens is 376 g/mol. The molecule has 26 heavy (non-hydrogen) atoms. The number of benzene rings is 2. The van der Waals surface area contributed by atoms with Gasteiger partial charge in [-0.05, 0) is 30.5 Å². The van der Waals surface area contributed by atoms with Gasteiger partial charge >= 0.3 is 0 Å². The fraction of sp³-hybridized carbons (Fsp3) is 0.278. The molecule has 2 aromatic rings. The summed E-state index contributed by atoms with van der Waals surface area (Å²) < 4.78 is 29.3. The van der Waals surface area contributed by atoms with Crippen molar-refractivity contribution >= 4 is 39.5 Å². The highest BCUT2D eigenvalue weighted by atomic mass is 35.5. The second-order valence-corrected chi connectivity index (χ2v) is 7.87. The number of aryl methyl sites for hydroxylation is 1. The lowest BCUT2D eigenvalue weighted by molar-refractivity contribution is -0.113. The van der Waals surface area contributed by atoms with E-state index < -0.39 is 21.5 Å². The Labute approximate surface area is 160 Å². The average Bonchev–Trinajstić information content (AvgIpc) is 2.57. The number of halogens is 1. The molecule has 0 atom stereocenters. The predicted octanol–water partition coefficient (Wildman–Crippen LogP) is 2.69. The molecule has 142 valence electrons. The predicted molar refractivity (Wildman–Crippen MR) is 107 cm³/mol. The Kier molecular flexibility index (Phi) is 8.41. The standard InChI is InChI=1S/C18H22N2O4S.ClH/c1-24-15-9-10-16(19)17(12-15)20-18(21)13-25(22,23)11-5-8-14-6-3-2-4-7-14;/h2-4,6-7,9-10,12H,5,8,11,13,19H2,1H3,(H,20,21);1H. The van der Waals surface area contributed by atoms with Crippen LogP contribution in [0, 0.1) is 0 Å². The van der Waals surface area contributed by atoms with Crippen molar-refractivity contribution < 1.29 is 17.9 Å². The summed E-state index contributed by atoms with van der Waals surface area (Å²) in [6.07, 6.45) is 1.13. The number of anilines is 2. The highest BCUT2D eigenvalue weighted by molar-refractivity contribution is 7.92. The van der Waals surface area contributed by atoms with Crippen LogP contribution >= 0.6 is 12.4 Å². The smallest absolute Gasteiger partial charge is 0.239 e. The fourth-order valence-electron chi connectivity index (χ4n) is 2.37. The summed E-state index contributed by atoms with van der Waals surface area (Å²) in [4.78, 5) is 12.0. The number of hydrogen-bond acceptors (Lipinski definition) is 5. The number of carbonyl (C=O) groups is 1. The quantitative estimate of drug-likeness (QED) is 0.666. The van der Waals surface area contributed by atoms with Gasteiger partial charge in [0, 0.05) is 6.07 Å². The van der Waals surface area contributed by atoms with E-state index in [0.29, 0.717) is 30.0 Å². The van der Waals surface area contributed by atoms with Crippen LogP contribution in [0.25, 0.3) is 0 Å². The van der Waals surface area contributed by atoms with Crippen LogP contribution in [-0.2, 0) is 21.1 Å². The molecule has 3 N–H and O–H groups in total. The second-order valence-electron chi connectivity index (χ2n) is 5.68. The maximum Gasteiger partial charge on any atom is 0.239 e. The third-order valence-corrected chi connectivity index (χ3v) is 5.26. The first-order chi connectivity index (χ1) is 11.9. The zero-order valence-electron chi connectivity index (χ0n) is 14.5. The van der Waals surface area contributed by atoms with Crippen molar-refractivity contribution in [1.29, 1.82) is 0 Å². The molecule has 2 rings (SSSR count). The SMILES string of the molecule is COc1ccc(N)c(NC(=O)CS(=O)(=O)CCCc2ccccc2)c1.Cl. The molecule has 2 aromatic carbocycles. The van der Waals surface area contributed by atoms with E-state index in [-0.39, 0.29) is 18.2 Å². The Hall–Kier alpha value is -2.25. The van der Waals surface area contributed by atoms with E-state index in [9.17, 15) is 13.2 Å². The van der Waals surface area contributed by atoms with E-state index in [1.807, 2.05) is 30.3 Å². The molecule has 0 bridgehead atoms. The molecule has 0 fully saturated rings. The highest BCUT2D eigenvalue weighted by Crippen LogP contribution is 2.24. The average molecular weight is 399 g/mol. The number of methoxy groups -OCH3 is 1. The van der Waals surface area contributed by atoms with Gasteiger partial charge in [-0.3, -0.25) is 4.79 Å². The van der Waals surface area contributed by atoms with Crippen molar-refractivity contribution in [2.75, 3.05) is 29.7 Å². The van der Waals surface area contributed by atoms with Gasteiger partial charge < -0.3 is 15.8 Å². The van der Waals surface area contributed by atoms with Crippen LogP contribution in [0.5, 0.6) is 5.75 Å². The largest absolute Gasteiger partial charge is 0.497 e. The van der Waals surface area contributed by atoms with Gasteiger partial charge in [-0.2, -0.15) is 0 Å². The van der Waals surface area contributed by atoms with Crippen molar-refractivity contribution in [1.82, 2.24) is 0 Å². The first-order valence-electron chi connectivity index (χ1n) is 7.87. The number of sulfone groups is 1. The molecule has 0 aliphatic heterocycles. The molecule has 0 aliphatic carbocycles. The molecule has 0 unspecified atom stereocenters. The van der Waals surface area contributed by atoms with Gasteiger partial charge in [-0.1, -0.05) is 30.3 Å². The van der Waals surface area contributed by atoms with Crippen LogP contribution in [0.2, 0.25) is 0 Å². The van der Waals surface area contributed by atoms with E-state index in [4.69, 9.17) is 10.5 Å². The molecule has 0 aliphatic rings. The van der Waals surface area contributed by atoms with Crippen molar-refractivity contribution in [3.8, 4) is 5.75 Å². The fourth-order valence-corrected chi connectivity index (χ4v) is 3.57. The van der Waals surface area contributed by atoms with Crippen molar-refractivity contribution in [3.63, 3.8) is 0 Å². The molecule has 6 nitrogen and oxygen atoms in total. The topological polar surface area (TPSA) is 98.5 Å². The van der Waals surface area contributed by atoms with Gasteiger partial charge in [0.25, 0.3) is 0 Å². The Morgan fingerprint density at radius 2 is 1.85 bits per heavy atom. The van der Waals surface area contributed by atoms with Crippen LogP contribution in [0.1, 0.15) is 12.0 Å². The van der Waals surface area contributed by atoms with Gasteiger partial charge in [-0.25, -0.2) is 8.42 Å². The summed E-state index contributed by atoms with van der Waals surface area (Å²) >= 11 is 0. The van der Waals surface area contributed by atoms with Crippen molar-refractivity contribution in [2.45, 2.75) is 12.8 Å². The van der Waals surface area contributed by atoms with E-state index in [1.165, 1.54) is 7.11 Å². The summed E-state index contributed by atoms with van der Waals surface area (Å²) in [5, 5.41) is 2.53. The summed E-state index contributed by atoms with van der Waals surface area (Å²) in [5.74, 6) is -0.698. The van der Waals surface area contributed by atoms with Crippen LogP contribution < -0.4 is 15.8 Å². The summed E-state index contributed by atoms with van der Waals surface area (Å²) in [5.41, 5.74) is 7.54. The van der Waals surface area contributed by atoms with E-state index >= 15 is 0 Å². The summed E-state index contributed by atoms with van der Waals surface area (Å²) in [6, 6.07) is 14.4. The van der Waals surface area contributed by atoms with E-state index in [0.717, 1.165) is 5.56 Å². The Balaban J connectivity index is 0.00000338. The number of hydrogen-bond donors (Lipinski definition) is 2. The molecule has 0 heterocycles. The van der Waals surface area contributed by atoms with Crippen LogP contribution in [0.15, 0.2) is 48.5 Å². The molecule has 0 spiro atoms. The maximum atomic E-state index is 12.1. The minimum Gasteiger partial charge on any atom is -0.497 e. The van der Waals surface area contributed by atoms with Gasteiger partial charge in [0.05, 0.1) is 24.2 Å². The van der Waals surface area contributed by atoms with Crippen molar-refractivity contribution in [3.05, 3.63) is 54.1 Å². The number of carbonyl (C=O) groups excluding carboxylic acids is 1. The van der Waals surface area contributed by atoms with Crippen LogP contribution in [0.4, 0.5) is 11.4 Å². The lowest BCUT2D eigenvalue weighted by Gasteiger charge is -2.10. The van der Waals surface area contributed by atoms with Gasteiger partial charge in [-0.15, -0.1) is 12.4 Å². The zero-order chi connectivity index (χ0) is 18.3.